The van der Waals surface area contributed by atoms with Crippen LogP contribution in [0.2, 0.25) is 0 Å². The van der Waals surface area contributed by atoms with Gasteiger partial charge in [-0.2, -0.15) is 0 Å². The molecule has 0 aromatic heterocycles. The van der Waals surface area contributed by atoms with Crippen molar-refractivity contribution in [2.75, 3.05) is 24.2 Å². The normalized spacial score (nSPS) is 15.2. The van der Waals surface area contributed by atoms with Gasteiger partial charge in [0.25, 0.3) is 11.1 Å². The van der Waals surface area contributed by atoms with E-state index in [1.165, 1.54) is 36.0 Å². The quantitative estimate of drug-likeness (QED) is 0.762. The second kappa shape index (κ2) is 8.68. The zero-order chi connectivity index (χ0) is 17.5. The molecule has 1 aliphatic rings. The van der Waals surface area contributed by atoms with Crippen molar-refractivity contribution in [3.8, 4) is 0 Å². The van der Waals surface area contributed by atoms with Crippen LogP contribution in [0.1, 0.15) is 19.8 Å². The van der Waals surface area contributed by atoms with Crippen LogP contribution in [0.5, 0.6) is 0 Å². The largest absolute Gasteiger partial charge is 0.452 e. The monoisotopic (exact) mass is 354 g/mol. The van der Waals surface area contributed by atoms with Crippen LogP contribution in [-0.4, -0.2) is 47.0 Å². The molecule has 130 valence electrons. The van der Waals surface area contributed by atoms with Crippen LogP contribution in [0.25, 0.3) is 0 Å². The van der Waals surface area contributed by atoms with Crippen LogP contribution in [0, 0.1) is 5.82 Å². The van der Waals surface area contributed by atoms with Crippen molar-refractivity contribution in [1.29, 1.82) is 0 Å². The van der Waals surface area contributed by atoms with Crippen molar-refractivity contribution in [3.63, 3.8) is 0 Å². The van der Waals surface area contributed by atoms with Crippen molar-refractivity contribution in [3.05, 3.63) is 30.1 Å². The Morgan fingerprint density at radius 2 is 2.08 bits per heavy atom. The van der Waals surface area contributed by atoms with E-state index >= 15 is 0 Å². The molecule has 2 rings (SSSR count). The van der Waals surface area contributed by atoms with Crippen LogP contribution in [0.4, 0.5) is 14.9 Å². The number of carbonyl (C=O) groups is 3. The standard InChI is InChI=1S/C16H19FN2O4S/c1-2-13(15(21)18-12-5-3-11(17)4-6-12)23-14(20)7-8-19-9-10-24-16(19)22/h3-6,13H,2,7-10H2,1H3,(H,18,21). The number of amides is 2. The minimum absolute atomic E-state index is 0.0381. The predicted octanol–water partition coefficient (Wildman–Crippen LogP) is 2.64. The Kier molecular flexibility index (Phi) is 6.60. The number of rotatable bonds is 7. The number of anilines is 1. The SMILES string of the molecule is CCC(OC(=O)CCN1CCSC1=O)C(=O)Nc1ccc(F)cc1. The van der Waals surface area contributed by atoms with Crippen LogP contribution in [0.3, 0.4) is 0 Å². The van der Waals surface area contributed by atoms with Gasteiger partial charge in [0.2, 0.25) is 0 Å². The average molecular weight is 354 g/mol. The van der Waals surface area contributed by atoms with Gasteiger partial charge >= 0.3 is 5.97 Å². The molecule has 1 aromatic rings. The second-order valence-corrected chi connectivity index (χ2v) is 6.28. The Morgan fingerprint density at radius 3 is 2.67 bits per heavy atom. The van der Waals surface area contributed by atoms with Gasteiger partial charge in [-0.05, 0) is 30.7 Å². The van der Waals surface area contributed by atoms with E-state index in [1.807, 2.05) is 0 Å². The third kappa shape index (κ3) is 5.23. The van der Waals surface area contributed by atoms with Crippen molar-refractivity contribution >= 4 is 34.6 Å². The van der Waals surface area contributed by atoms with Crippen LogP contribution in [0.15, 0.2) is 24.3 Å². The molecule has 2 amide bonds. The van der Waals surface area contributed by atoms with Crippen molar-refractivity contribution in [1.82, 2.24) is 4.90 Å². The Bertz CT molecular complexity index is 609. The lowest BCUT2D eigenvalue weighted by molar-refractivity contribution is -0.154. The van der Waals surface area contributed by atoms with E-state index in [-0.39, 0.29) is 11.7 Å². The van der Waals surface area contributed by atoms with Crippen LogP contribution >= 0.6 is 11.8 Å². The molecule has 0 aliphatic carbocycles. The number of ether oxygens (including phenoxy) is 1. The Balaban J connectivity index is 1.81. The highest BCUT2D eigenvalue weighted by atomic mass is 32.2. The lowest BCUT2D eigenvalue weighted by Crippen LogP contribution is -2.33. The first-order valence-corrected chi connectivity index (χ1v) is 8.65. The maximum absolute atomic E-state index is 12.8. The summed E-state index contributed by atoms with van der Waals surface area (Å²) in [6, 6.07) is 5.32. The summed E-state index contributed by atoms with van der Waals surface area (Å²) in [6.45, 7) is 2.64. The van der Waals surface area contributed by atoms with Gasteiger partial charge in [0.15, 0.2) is 6.10 Å². The van der Waals surface area contributed by atoms with Crippen LogP contribution in [-0.2, 0) is 14.3 Å². The molecule has 1 aromatic carbocycles. The summed E-state index contributed by atoms with van der Waals surface area (Å²) < 4.78 is 18.0. The number of hydrogen-bond donors (Lipinski definition) is 1. The molecule has 6 nitrogen and oxygen atoms in total. The van der Waals surface area contributed by atoms with Gasteiger partial charge in [-0.1, -0.05) is 18.7 Å². The molecule has 24 heavy (non-hydrogen) atoms. The molecule has 1 fully saturated rings. The average Bonchev–Trinajstić information content (AvgIpc) is 2.97. The minimum atomic E-state index is -0.925. The van der Waals surface area contributed by atoms with Gasteiger partial charge in [0.1, 0.15) is 5.82 Å². The van der Waals surface area contributed by atoms with Gasteiger partial charge in [0, 0.05) is 24.5 Å². The maximum atomic E-state index is 12.8. The fraction of sp³-hybridized carbons (Fsp3) is 0.438. The van der Waals surface area contributed by atoms with Gasteiger partial charge in [-0.3, -0.25) is 14.4 Å². The van der Waals surface area contributed by atoms with Crippen molar-refractivity contribution in [2.24, 2.45) is 0 Å². The molecule has 1 N–H and O–H groups in total. The summed E-state index contributed by atoms with van der Waals surface area (Å²) >= 11 is 1.23. The van der Waals surface area contributed by atoms with E-state index in [0.29, 0.717) is 25.2 Å². The number of thioether (sulfide) groups is 1. The van der Waals surface area contributed by atoms with E-state index in [9.17, 15) is 18.8 Å². The first-order chi connectivity index (χ1) is 11.5. The second-order valence-electron chi connectivity index (χ2n) is 5.23. The molecule has 0 radical (unpaired) electrons. The molecule has 1 saturated heterocycles. The molecule has 1 aliphatic heterocycles. The summed E-state index contributed by atoms with van der Waals surface area (Å²) in [5.74, 6) is -0.668. The molecular formula is C16H19FN2O4S. The van der Waals surface area contributed by atoms with E-state index in [2.05, 4.69) is 5.32 Å². The Morgan fingerprint density at radius 1 is 1.38 bits per heavy atom. The highest BCUT2D eigenvalue weighted by Gasteiger charge is 2.24. The van der Waals surface area contributed by atoms with Crippen molar-refractivity contribution in [2.45, 2.75) is 25.9 Å². The van der Waals surface area contributed by atoms with Gasteiger partial charge in [-0.25, -0.2) is 4.39 Å². The first-order valence-electron chi connectivity index (χ1n) is 7.67. The number of nitrogens with one attached hydrogen (secondary N) is 1. The molecule has 0 spiro atoms. The maximum Gasteiger partial charge on any atom is 0.308 e. The number of benzene rings is 1. The third-order valence-electron chi connectivity index (χ3n) is 3.48. The number of nitrogens with zero attached hydrogens (tertiary/aromatic N) is 1. The van der Waals surface area contributed by atoms with E-state index in [0.717, 1.165) is 5.75 Å². The highest BCUT2D eigenvalue weighted by Crippen LogP contribution is 2.17. The molecule has 1 atom stereocenters. The zero-order valence-electron chi connectivity index (χ0n) is 13.3. The zero-order valence-corrected chi connectivity index (χ0v) is 14.1. The number of hydrogen-bond acceptors (Lipinski definition) is 5. The molecule has 8 heteroatoms. The molecular weight excluding hydrogens is 335 g/mol. The van der Waals surface area contributed by atoms with E-state index < -0.39 is 23.8 Å². The predicted molar refractivity (Wildman–Crippen MR) is 89.2 cm³/mol. The number of carbonyl (C=O) groups excluding carboxylic acids is 3. The lowest BCUT2D eigenvalue weighted by atomic mass is 10.2. The molecule has 0 bridgehead atoms. The Labute approximate surface area is 143 Å². The molecule has 0 saturated carbocycles. The van der Waals surface area contributed by atoms with Gasteiger partial charge < -0.3 is 15.0 Å². The number of halogens is 1. The highest BCUT2D eigenvalue weighted by molar-refractivity contribution is 8.13. The fourth-order valence-electron chi connectivity index (χ4n) is 2.15. The Hall–Kier alpha value is -2.09. The summed E-state index contributed by atoms with van der Waals surface area (Å²) in [7, 11) is 0. The summed E-state index contributed by atoms with van der Waals surface area (Å²) in [4.78, 5) is 37.0. The fourth-order valence-corrected chi connectivity index (χ4v) is 3.00. The van der Waals surface area contributed by atoms with Gasteiger partial charge in [-0.15, -0.1) is 0 Å². The first kappa shape index (κ1) is 18.3. The van der Waals surface area contributed by atoms with Crippen molar-refractivity contribution < 1.29 is 23.5 Å². The smallest absolute Gasteiger partial charge is 0.308 e. The summed E-state index contributed by atoms with van der Waals surface area (Å²) in [5.41, 5.74) is 0.426. The topological polar surface area (TPSA) is 75.7 Å². The van der Waals surface area contributed by atoms with E-state index in [4.69, 9.17) is 4.74 Å². The lowest BCUT2D eigenvalue weighted by Gasteiger charge is -2.18. The molecule has 1 heterocycles. The third-order valence-corrected chi connectivity index (χ3v) is 4.37. The summed E-state index contributed by atoms with van der Waals surface area (Å²) in [5, 5.41) is 2.54. The summed E-state index contributed by atoms with van der Waals surface area (Å²) in [6.07, 6.45) is -0.560. The molecule has 1 unspecified atom stereocenters. The number of esters is 1. The minimum Gasteiger partial charge on any atom is -0.452 e. The van der Waals surface area contributed by atoms with E-state index in [1.54, 1.807) is 11.8 Å². The van der Waals surface area contributed by atoms with Crippen LogP contribution < -0.4 is 5.32 Å². The van der Waals surface area contributed by atoms with Gasteiger partial charge in [0.05, 0.1) is 6.42 Å².